The number of ether oxygens (including phenoxy) is 1. The molecule has 1 unspecified atom stereocenters. The van der Waals surface area contributed by atoms with Crippen LogP contribution in [0.5, 0.6) is 5.75 Å². The third-order valence-corrected chi connectivity index (χ3v) is 7.38. The molecule has 13 heteroatoms. The van der Waals surface area contributed by atoms with E-state index in [4.69, 9.17) is 27.8 Å². The Morgan fingerprint density at radius 2 is 1.81 bits per heavy atom. The van der Waals surface area contributed by atoms with Gasteiger partial charge in [0.25, 0.3) is 0 Å². The summed E-state index contributed by atoms with van der Waals surface area (Å²) in [6.45, 7) is 1.01. The van der Waals surface area contributed by atoms with E-state index in [0.29, 0.717) is 53.1 Å². The summed E-state index contributed by atoms with van der Waals surface area (Å²) >= 11 is 5.87. The van der Waals surface area contributed by atoms with Gasteiger partial charge in [-0.2, -0.15) is 0 Å². The molecular formula is C30H39ClFN7O4. The van der Waals surface area contributed by atoms with Crippen LogP contribution in [0.2, 0.25) is 5.02 Å². The third kappa shape index (κ3) is 10.3. The summed E-state index contributed by atoms with van der Waals surface area (Å²) < 4.78 is 18.9. The second-order valence-corrected chi connectivity index (χ2v) is 10.8. The fourth-order valence-electron chi connectivity index (χ4n) is 4.75. The number of primary amides is 2. The maximum Gasteiger partial charge on any atom is 0.234 e. The number of methoxy groups -OCH3 is 1. The number of amides is 3. The summed E-state index contributed by atoms with van der Waals surface area (Å²) in [6.07, 6.45) is 8.46. The molecule has 1 aliphatic rings. The molecule has 0 spiro atoms. The number of halogens is 2. The number of unbranched alkanes of at least 4 members (excludes halogenated alkanes) is 3. The minimum Gasteiger partial charge on any atom is -0.494 e. The number of piperidine rings is 1. The van der Waals surface area contributed by atoms with Crippen molar-refractivity contribution < 1.29 is 23.5 Å². The summed E-state index contributed by atoms with van der Waals surface area (Å²) in [4.78, 5) is 44.6. The Morgan fingerprint density at radius 1 is 1.07 bits per heavy atom. The highest BCUT2D eigenvalue weighted by Gasteiger charge is 2.23. The number of carbonyl (C=O) groups excluding carboxylic acids is 3. The van der Waals surface area contributed by atoms with E-state index in [2.05, 4.69) is 20.6 Å². The lowest BCUT2D eigenvalue weighted by molar-refractivity contribution is -0.123. The van der Waals surface area contributed by atoms with Crippen LogP contribution in [0.3, 0.4) is 0 Å². The van der Waals surface area contributed by atoms with Crippen LogP contribution < -0.4 is 26.8 Å². The molecule has 0 radical (unpaired) electrons. The zero-order valence-corrected chi connectivity index (χ0v) is 25.3. The first kappa shape index (κ1) is 33.5. The van der Waals surface area contributed by atoms with E-state index < -0.39 is 5.82 Å². The molecular weight excluding hydrogens is 577 g/mol. The van der Waals surface area contributed by atoms with Crippen LogP contribution in [0, 0.1) is 5.82 Å². The van der Waals surface area contributed by atoms with Crippen molar-refractivity contribution in [2.75, 3.05) is 31.3 Å². The minimum atomic E-state index is -0.516. The molecule has 4 rings (SSSR count). The molecule has 0 saturated carbocycles. The highest BCUT2D eigenvalue weighted by atomic mass is 35.5. The van der Waals surface area contributed by atoms with E-state index in [1.807, 2.05) is 11.9 Å². The van der Waals surface area contributed by atoms with Gasteiger partial charge in [-0.3, -0.25) is 19.3 Å². The van der Waals surface area contributed by atoms with E-state index in [9.17, 15) is 18.8 Å². The van der Waals surface area contributed by atoms with Crippen LogP contribution in [0.1, 0.15) is 57.8 Å². The number of nitrogens with zero attached hydrogens (tertiary/aromatic N) is 3. The van der Waals surface area contributed by atoms with Gasteiger partial charge in [0.15, 0.2) is 0 Å². The number of carbonyl (C=O) groups is 3. The summed E-state index contributed by atoms with van der Waals surface area (Å²) in [5.74, 6) is -0.225. The van der Waals surface area contributed by atoms with Gasteiger partial charge in [-0.15, -0.1) is 0 Å². The lowest BCUT2D eigenvalue weighted by Crippen LogP contribution is -2.45. The Morgan fingerprint density at radius 3 is 2.44 bits per heavy atom. The van der Waals surface area contributed by atoms with Crippen molar-refractivity contribution in [3.05, 3.63) is 47.5 Å². The minimum absolute atomic E-state index is 0.00579. The second kappa shape index (κ2) is 16.6. The number of anilines is 3. The molecule has 2 aromatic carbocycles. The fourth-order valence-corrected chi connectivity index (χ4v) is 4.93. The van der Waals surface area contributed by atoms with Crippen LogP contribution in [0.4, 0.5) is 21.6 Å². The van der Waals surface area contributed by atoms with Gasteiger partial charge in [-0.1, -0.05) is 30.9 Å². The van der Waals surface area contributed by atoms with Crippen LogP contribution in [0.15, 0.2) is 36.7 Å². The van der Waals surface area contributed by atoms with Gasteiger partial charge in [0.2, 0.25) is 17.7 Å². The van der Waals surface area contributed by atoms with Crippen molar-refractivity contribution in [2.24, 2.45) is 11.5 Å². The molecule has 0 aliphatic carbocycles. The molecule has 232 valence electrons. The Hall–Kier alpha value is -4.03. The standard InChI is InChI=1S/C23H25ClFN5O3.C7H14N2O/c1-33-20-12-18-15(11-19(20)30-22(32)7-5-3-2-4-6-21(26)31)23(28-13-27-18)29-14-8-9-17(25)16(24)10-14;1-9-5-3-2-4-6(9)7(8)10/h8-13H,2-7H2,1H3,(H2,26,31)(H,30,32)(H,27,28,29);6H,2-5H2,1H3,(H2,8,10). The first-order chi connectivity index (χ1) is 20.6. The Labute approximate surface area is 255 Å². The molecule has 43 heavy (non-hydrogen) atoms. The zero-order valence-electron chi connectivity index (χ0n) is 24.5. The van der Waals surface area contributed by atoms with Gasteiger partial charge in [0.1, 0.15) is 23.7 Å². The average molecular weight is 616 g/mol. The van der Waals surface area contributed by atoms with Crippen LogP contribution in [-0.2, 0) is 14.4 Å². The molecule has 1 aromatic heterocycles. The van der Waals surface area contributed by atoms with Gasteiger partial charge < -0.3 is 26.8 Å². The summed E-state index contributed by atoms with van der Waals surface area (Å²) in [7, 11) is 3.46. The summed E-state index contributed by atoms with van der Waals surface area (Å²) in [5, 5.41) is 6.61. The van der Waals surface area contributed by atoms with Crippen molar-refractivity contribution in [2.45, 2.75) is 63.8 Å². The highest BCUT2D eigenvalue weighted by Crippen LogP contribution is 2.33. The van der Waals surface area contributed by atoms with Crippen LogP contribution >= 0.6 is 11.6 Å². The Kier molecular flexibility index (Phi) is 12.9. The first-order valence-corrected chi connectivity index (χ1v) is 14.6. The normalized spacial score (nSPS) is 14.8. The molecule has 0 bridgehead atoms. The number of hydrogen-bond acceptors (Lipinski definition) is 8. The topological polar surface area (TPSA) is 166 Å². The SMILES string of the molecule is CN1CCCCC1C(N)=O.COc1cc2ncnc(Nc3ccc(F)c(Cl)c3)c2cc1NC(=O)CCCCCCC(N)=O. The van der Waals surface area contributed by atoms with Gasteiger partial charge in [-0.25, -0.2) is 14.4 Å². The number of likely N-dealkylation sites (tertiary alicyclic amines) is 1. The molecule has 11 nitrogen and oxygen atoms in total. The first-order valence-electron chi connectivity index (χ1n) is 14.2. The number of nitrogens with one attached hydrogen (secondary N) is 2. The van der Waals surface area contributed by atoms with E-state index in [0.717, 1.165) is 38.6 Å². The zero-order chi connectivity index (χ0) is 31.4. The molecule has 1 fully saturated rings. The summed E-state index contributed by atoms with van der Waals surface area (Å²) in [6, 6.07) is 7.70. The molecule has 1 atom stereocenters. The Balaban J connectivity index is 0.000000428. The predicted octanol–water partition coefficient (Wildman–Crippen LogP) is 4.89. The van der Waals surface area contributed by atoms with E-state index in [-0.39, 0.29) is 28.8 Å². The molecule has 2 heterocycles. The number of nitrogens with two attached hydrogens (primary N) is 2. The number of fused-ring (bicyclic) bond motifs is 1. The van der Waals surface area contributed by atoms with Gasteiger partial charge in [0.05, 0.1) is 29.4 Å². The number of hydrogen-bond donors (Lipinski definition) is 4. The van der Waals surface area contributed by atoms with Gasteiger partial charge >= 0.3 is 0 Å². The van der Waals surface area contributed by atoms with Gasteiger partial charge in [0, 0.05) is 30.0 Å². The molecule has 6 N–H and O–H groups in total. The van der Waals surface area contributed by atoms with Crippen molar-refractivity contribution in [1.29, 1.82) is 0 Å². The fraction of sp³-hybridized carbons (Fsp3) is 0.433. The maximum absolute atomic E-state index is 13.5. The molecule has 1 saturated heterocycles. The number of benzene rings is 2. The van der Waals surface area contributed by atoms with E-state index >= 15 is 0 Å². The lowest BCUT2D eigenvalue weighted by atomic mass is 10.0. The molecule has 1 aliphatic heterocycles. The Bertz CT molecular complexity index is 1420. The molecule has 3 aromatic rings. The largest absolute Gasteiger partial charge is 0.494 e. The smallest absolute Gasteiger partial charge is 0.234 e. The van der Waals surface area contributed by atoms with Crippen molar-refractivity contribution in [1.82, 2.24) is 14.9 Å². The van der Waals surface area contributed by atoms with Crippen molar-refractivity contribution in [3.8, 4) is 5.75 Å². The number of aromatic nitrogens is 2. The quantitative estimate of drug-likeness (QED) is 0.209. The predicted molar refractivity (Wildman–Crippen MR) is 166 cm³/mol. The van der Waals surface area contributed by atoms with Crippen LogP contribution in [-0.4, -0.2) is 59.3 Å². The second-order valence-electron chi connectivity index (χ2n) is 10.4. The number of rotatable bonds is 12. The number of likely N-dealkylation sites (N-methyl/N-ethyl adjacent to an activating group) is 1. The van der Waals surface area contributed by atoms with E-state index in [1.54, 1.807) is 18.2 Å². The van der Waals surface area contributed by atoms with E-state index in [1.165, 1.54) is 32.0 Å². The van der Waals surface area contributed by atoms with Crippen molar-refractivity contribution >= 4 is 57.4 Å². The maximum atomic E-state index is 13.5. The van der Waals surface area contributed by atoms with Crippen molar-refractivity contribution in [3.63, 3.8) is 0 Å². The average Bonchev–Trinajstić information content (AvgIpc) is 2.97. The van der Waals surface area contributed by atoms with Gasteiger partial charge in [-0.05, 0) is 63.5 Å². The lowest BCUT2D eigenvalue weighted by Gasteiger charge is -2.29. The van der Waals surface area contributed by atoms with Crippen LogP contribution in [0.25, 0.3) is 10.9 Å². The highest BCUT2D eigenvalue weighted by molar-refractivity contribution is 6.31. The summed E-state index contributed by atoms with van der Waals surface area (Å²) in [5.41, 5.74) is 11.9. The third-order valence-electron chi connectivity index (χ3n) is 7.09. The monoisotopic (exact) mass is 615 g/mol. The molecule has 3 amide bonds.